The van der Waals surface area contributed by atoms with Gasteiger partial charge in [-0.1, -0.05) is 0 Å². The van der Waals surface area contributed by atoms with Crippen LogP contribution in [0.25, 0.3) is 0 Å². The van der Waals surface area contributed by atoms with Crippen LogP contribution in [-0.2, 0) is 9.05 Å². The normalized spacial score (nSPS) is 12.5. The molecular formula is C7H6ClF3N2O3S. The molecule has 0 aliphatic carbocycles. The Kier molecular flexibility index (Phi) is 3.44. The molecule has 0 bridgehead atoms. The van der Waals surface area contributed by atoms with Crippen molar-refractivity contribution in [1.29, 1.82) is 0 Å². The van der Waals surface area contributed by atoms with Crippen molar-refractivity contribution < 1.29 is 26.3 Å². The zero-order valence-corrected chi connectivity index (χ0v) is 9.82. The summed E-state index contributed by atoms with van der Waals surface area (Å²) < 4.78 is 61.3. The molecular weight excluding hydrogens is 285 g/mol. The van der Waals surface area contributed by atoms with E-state index < -0.39 is 31.9 Å². The fraction of sp³-hybridized carbons (Fsp3) is 0.286. The highest BCUT2D eigenvalue weighted by atomic mass is 35.7. The van der Waals surface area contributed by atoms with E-state index in [1.54, 1.807) is 0 Å². The lowest BCUT2D eigenvalue weighted by Gasteiger charge is -2.11. The first-order valence-corrected chi connectivity index (χ1v) is 6.29. The summed E-state index contributed by atoms with van der Waals surface area (Å²) in [6, 6.07) is 0.635. The maximum Gasteiger partial charge on any atom is 0.574 e. The first-order chi connectivity index (χ1) is 7.50. The molecule has 0 atom stereocenters. The van der Waals surface area contributed by atoms with Crippen LogP contribution in [0.5, 0.6) is 5.88 Å². The van der Waals surface area contributed by atoms with E-state index >= 15 is 0 Å². The van der Waals surface area contributed by atoms with Gasteiger partial charge >= 0.3 is 6.36 Å². The molecule has 0 fully saturated rings. The predicted octanol–water partition coefficient (Wildman–Crippen LogP) is 1.80. The molecule has 10 heteroatoms. The number of ether oxygens (including phenoxy) is 1. The second kappa shape index (κ2) is 4.22. The molecule has 0 unspecified atom stereocenters. The summed E-state index contributed by atoms with van der Waals surface area (Å²) in [5.41, 5.74) is 4.53. The highest BCUT2D eigenvalue weighted by Gasteiger charge is 2.32. The molecule has 0 aliphatic heterocycles. The molecule has 17 heavy (non-hydrogen) atoms. The molecule has 96 valence electrons. The molecule has 0 saturated carbocycles. The molecule has 1 aromatic rings. The summed E-state index contributed by atoms with van der Waals surface area (Å²) in [4.78, 5) is 2.77. The van der Waals surface area contributed by atoms with Gasteiger partial charge in [-0.3, -0.25) is 0 Å². The van der Waals surface area contributed by atoms with Crippen molar-refractivity contribution in [2.24, 2.45) is 0 Å². The van der Waals surface area contributed by atoms with Gasteiger partial charge in [0.25, 0.3) is 9.05 Å². The summed E-state index contributed by atoms with van der Waals surface area (Å²) in [5, 5.41) is 0. The van der Waals surface area contributed by atoms with Crippen LogP contribution in [0.2, 0.25) is 0 Å². The van der Waals surface area contributed by atoms with Crippen LogP contribution >= 0.6 is 10.7 Å². The lowest BCUT2D eigenvalue weighted by Crippen LogP contribution is -2.18. The Morgan fingerprint density at radius 1 is 1.47 bits per heavy atom. The Balaban J connectivity index is 3.29. The van der Waals surface area contributed by atoms with Gasteiger partial charge < -0.3 is 10.5 Å². The van der Waals surface area contributed by atoms with Gasteiger partial charge in [0.15, 0.2) is 0 Å². The molecule has 0 aromatic carbocycles. The number of hydrogen-bond donors (Lipinski definition) is 1. The Bertz CT molecular complexity index is 521. The number of aromatic nitrogens is 1. The predicted molar refractivity (Wildman–Crippen MR) is 53.1 cm³/mol. The van der Waals surface area contributed by atoms with E-state index in [0.29, 0.717) is 6.07 Å². The number of aryl methyl sites for hydroxylation is 1. The lowest BCUT2D eigenvalue weighted by atomic mass is 10.3. The van der Waals surface area contributed by atoms with Crippen LogP contribution in [-0.4, -0.2) is 19.8 Å². The summed E-state index contributed by atoms with van der Waals surface area (Å²) in [7, 11) is 0.867. The Labute approximate surface area is 98.8 Å². The third kappa shape index (κ3) is 3.63. The topological polar surface area (TPSA) is 82.3 Å². The van der Waals surface area contributed by atoms with Gasteiger partial charge in [-0.05, 0) is 6.92 Å². The highest BCUT2D eigenvalue weighted by molar-refractivity contribution is 8.13. The maximum absolute atomic E-state index is 11.9. The molecule has 0 spiro atoms. The fourth-order valence-corrected chi connectivity index (χ4v) is 2.49. The van der Waals surface area contributed by atoms with Crippen LogP contribution in [0.4, 0.5) is 18.9 Å². The largest absolute Gasteiger partial charge is 0.574 e. The van der Waals surface area contributed by atoms with E-state index in [2.05, 4.69) is 9.72 Å². The second-order valence-electron chi connectivity index (χ2n) is 2.95. The summed E-state index contributed by atoms with van der Waals surface area (Å²) >= 11 is 0. The van der Waals surface area contributed by atoms with Gasteiger partial charge in [0.05, 0.1) is 11.4 Å². The lowest BCUT2D eigenvalue weighted by molar-refractivity contribution is -0.276. The van der Waals surface area contributed by atoms with Crippen LogP contribution < -0.4 is 10.5 Å². The maximum atomic E-state index is 11.9. The quantitative estimate of drug-likeness (QED) is 0.840. The van der Waals surface area contributed by atoms with E-state index in [1.807, 2.05) is 0 Å². The average molecular weight is 291 g/mol. The highest BCUT2D eigenvalue weighted by Crippen LogP contribution is 2.30. The first-order valence-electron chi connectivity index (χ1n) is 3.98. The smallest absolute Gasteiger partial charge is 0.397 e. The first kappa shape index (κ1) is 13.8. The van der Waals surface area contributed by atoms with Crippen molar-refractivity contribution in [3.63, 3.8) is 0 Å². The summed E-state index contributed by atoms with van der Waals surface area (Å²) in [6.07, 6.45) is -4.94. The fourth-order valence-electron chi connectivity index (χ4n) is 1.14. The Morgan fingerprint density at radius 3 is 2.35 bits per heavy atom. The van der Waals surface area contributed by atoms with Crippen LogP contribution in [0.1, 0.15) is 5.69 Å². The van der Waals surface area contributed by atoms with Crippen molar-refractivity contribution in [3.05, 3.63) is 11.8 Å². The Morgan fingerprint density at radius 2 is 2.00 bits per heavy atom. The molecule has 0 amide bonds. The minimum atomic E-state index is -4.94. The number of nitrogen functional groups attached to an aromatic ring is 1. The number of halogens is 4. The van der Waals surface area contributed by atoms with Crippen LogP contribution in [0, 0.1) is 6.92 Å². The minimum Gasteiger partial charge on any atom is -0.397 e. The Hall–Kier alpha value is -1.22. The number of rotatable bonds is 2. The van der Waals surface area contributed by atoms with Crippen molar-refractivity contribution in [3.8, 4) is 5.88 Å². The zero-order chi connectivity index (χ0) is 13.4. The molecule has 1 aromatic heterocycles. The number of pyridine rings is 1. The van der Waals surface area contributed by atoms with Crippen LogP contribution in [0.15, 0.2) is 11.0 Å². The number of hydrogen-bond acceptors (Lipinski definition) is 5. The van der Waals surface area contributed by atoms with E-state index in [1.165, 1.54) is 0 Å². The van der Waals surface area contributed by atoms with Gasteiger partial charge in [-0.2, -0.15) is 0 Å². The molecule has 0 radical (unpaired) electrons. The molecule has 0 saturated heterocycles. The van der Waals surface area contributed by atoms with Gasteiger partial charge in [-0.15, -0.1) is 13.2 Å². The van der Waals surface area contributed by atoms with Gasteiger partial charge in [0.2, 0.25) is 5.88 Å². The van der Waals surface area contributed by atoms with E-state index in [-0.39, 0.29) is 5.69 Å². The number of nitrogens with two attached hydrogens (primary N) is 1. The van der Waals surface area contributed by atoms with Crippen molar-refractivity contribution >= 4 is 25.4 Å². The average Bonchev–Trinajstić information content (AvgIpc) is 1.94. The molecule has 1 rings (SSSR count). The minimum absolute atomic E-state index is 0.278. The monoisotopic (exact) mass is 290 g/mol. The summed E-state index contributed by atoms with van der Waals surface area (Å²) in [6.45, 7) is 1.15. The molecule has 5 nitrogen and oxygen atoms in total. The molecule has 2 N–H and O–H groups in total. The number of alkyl halides is 3. The number of anilines is 1. The van der Waals surface area contributed by atoms with E-state index in [0.717, 1.165) is 6.92 Å². The van der Waals surface area contributed by atoms with Gasteiger partial charge in [0.1, 0.15) is 4.90 Å². The van der Waals surface area contributed by atoms with Crippen molar-refractivity contribution in [2.45, 2.75) is 18.2 Å². The SMILES string of the molecule is Cc1nc(OC(F)(F)F)cc(N)c1S(=O)(=O)Cl. The van der Waals surface area contributed by atoms with Crippen molar-refractivity contribution in [1.82, 2.24) is 4.98 Å². The summed E-state index contributed by atoms with van der Waals surface area (Å²) in [5.74, 6) is -0.850. The third-order valence-electron chi connectivity index (χ3n) is 1.61. The van der Waals surface area contributed by atoms with E-state index in [9.17, 15) is 21.6 Å². The van der Waals surface area contributed by atoms with Crippen LogP contribution in [0.3, 0.4) is 0 Å². The zero-order valence-electron chi connectivity index (χ0n) is 8.25. The standard InChI is InChI=1S/C7H6ClF3N2O3S/c1-3-6(17(8,14)15)4(12)2-5(13-3)16-7(9,10)11/h2H,1H3,(H2,12,13). The van der Waals surface area contributed by atoms with Gasteiger partial charge in [-0.25, -0.2) is 13.4 Å². The number of nitrogens with zero attached hydrogens (tertiary/aromatic N) is 1. The molecule has 1 heterocycles. The van der Waals surface area contributed by atoms with E-state index in [4.69, 9.17) is 16.4 Å². The second-order valence-corrected chi connectivity index (χ2v) is 5.45. The molecule has 0 aliphatic rings. The van der Waals surface area contributed by atoms with Crippen molar-refractivity contribution in [2.75, 3.05) is 5.73 Å². The third-order valence-corrected chi connectivity index (χ3v) is 3.09. The van der Waals surface area contributed by atoms with Gasteiger partial charge in [0, 0.05) is 16.7 Å².